The van der Waals surface area contributed by atoms with Gasteiger partial charge >= 0.3 is 0 Å². The van der Waals surface area contributed by atoms with Gasteiger partial charge in [0.1, 0.15) is 22.5 Å². The second-order valence-corrected chi connectivity index (χ2v) is 6.55. The second-order valence-electron chi connectivity index (χ2n) is 4.29. The van der Waals surface area contributed by atoms with Gasteiger partial charge < -0.3 is 4.90 Å². The first-order valence-electron chi connectivity index (χ1n) is 5.85. The van der Waals surface area contributed by atoms with Crippen LogP contribution < -0.4 is 16.2 Å². The second kappa shape index (κ2) is 5.97. The lowest BCUT2D eigenvalue weighted by Crippen LogP contribution is -2.28. The Hall–Kier alpha value is -2.34. The average molecular weight is 313 g/mol. The largest absolute Gasteiger partial charge is 0.343 e. The van der Waals surface area contributed by atoms with Gasteiger partial charge in [0, 0.05) is 19.8 Å². The van der Waals surface area contributed by atoms with Gasteiger partial charge in [-0.3, -0.25) is 5.43 Å². The van der Waals surface area contributed by atoms with E-state index in [1.54, 1.807) is 11.9 Å². The quantitative estimate of drug-likeness (QED) is 0.463. The predicted molar refractivity (Wildman–Crippen MR) is 75.5 cm³/mol. The molecule has 0 atom stereocenters. The van der Waals surface area contributed by atoms with Crippen LogP contribution in [0, 0.1) is 0 Å². The molecule has 0 amide bonds. The number of aromatic nitrogens is 6. The van der Waals surface area contributed by atoms with Crippen LogP contribution in [0.1, 0.15) is 0 Å². The van der Waals surface area contributed by atoms with E-state index in [2.05, 4.69) is 30.5 Å². The highest BCUT2D eigenvalue weighted by molar-refractivity contribution is 7.90. The molecule has 0 saturated carbocycles. The van der Waals surface area contributed by atoms with Gasteiger partial charge in [-0.1, -0.05) is 0 Å². The van der Waals surface area contributed by atoms with Crippen LogP contribution in [0.4, 0.5) is 11.9 Å². The van der Waals surface area contributed by atoms with Crippen molar-refractivity contribution in [2.75, 3.05) is 35.9 Å². The minimum Gasteiger partial charge on any atom is -0.343 e. The molecule has 21 heavy (non-hydrogen) atoms. The molecule has 2 aromatic rings. The third kappa shape index (κ3) is 4.06. The van der Waals surface area contributed by atoms with E-state index in [-0.39, 0.29) is 30.1 Å². The Balaban J connectivity index is 2.28. The Labute approximate surface area is 121 Å². The van der Waals surface area contributed by atoms with Gasteiger partial charge in [0.25, 0.3) is 5.95 Å². The van der Waals surface area contributed by atoms with Crippen LogP contribution in [0.3, 0.4) is 0 Å². The molecule has 0 aromatic carbocycles. The van der Waals surface area contributed by atoms with Crippen molar-refractivity contribution in [2.45, 2.75) is 0 Å². The van der Waals surface area contributed by atoms with Crippen molar-refractivity contribution in [2.24, 2.45) is 5.84 Å². The molecule has 2 aromatic heterocycles. The molecule has 11 nitrogen and oxygen atoms in total. The third-order valence-electron chi connectivity index (χ3n) is 2.50. The maximum atomic E-state index is 11.2. The van der Waals surface area contributed by atoms with E-state index in [9.17, 15) is 8.42 Å². The van der Waals surface area contributed by atoms with Gasteiger partial charge in [-0.15, -0.1) is 0 Å². The summed E-state index contributed by atoms with van der Waals surface area (Å²) in [6.07, 6.45) is 3.93. The zero-order valence-electron chi connectivity index (χ0n) is 11.5. The monoisotopic (exact) mass is 313 g/mol. The van der Waals surface area contributed by atoms with Crippen molar-refractivity contribution in [1.82, 2.24) is 29.7 Å². The lowest BCUT2D eigenvalue weighted by atomic mass is 10.6. The molecule has 0 bridgehead atoms. The molecule has 0 aliphatic carbocycles. The van der Waals surface area contributed by atoms with Gasteiger partial charge in [0.15, 0.2) is 0 Å². The lowest BCUT2D eigenvalue weighted by molar-refractivity contribution is 0.600. The number of hydrogen-bond donors (Lipinski definition) is 2. The molecule has 2 rings (SSSR count). The van der Waals surface area contributed by atoms with Gasteiger partial charge in [0.2, 0.25) is 11.9 Å². The van der Waals surface area contributed by atoms with Gasteiger partial charge in [-0.25, -0.2) is 19.2 Å². The van der Waals surface area contributed by atoms with Crippen LogP contribution >= 0.6 is 0 Å². The van der Waals surface area contributed by atoms with E-state index in [0.717, 1.165) is 0 Å². The molecule has 12 heteroatoms. The Morgan fingerprint density at radius 3 is 2.71 bits per heavy atom. The molecule has 0 unspecified atom stereocenters. The molecular formula is C9H15N9O2S. The maximum absolute atomic E-state index is 11.2. The molecule has 0 aliphatic heterocycles. The number of hydrazine groups is 1. The van der Waals surface area contributed by atoms with Gasteiger partial charge in [-0.05, 0) is 0 Å². The number of nitrogens with one attached hydrogen (secondary N) is 1. The van der Waals surface area contributed by atoms with Crippen molar-refractivity contribution in [1.29, 1.82) is 0 Å². The van der Waals surface area contributed by atoms with Crippen molar-refractivity contribution in [3.8, 4) is 5.95 Å². The minimum absolute atomic E-state index is 0.0147. The van der Waals surface area contributed by atoms with E-state index in [1.807, 2.05) is 0 Å². The summed E-state index contributed by atoms with van der Waals surface area (Å²) in [7, 11) is -1.40. The van der Waals surface area contributed by atoms with Crippen molar-refractivity contribution in [3.05, 3.63) is 12.7 Å². The van der Waals surface area contributed by atoms with E-state index in [4.69, 9.17) is 5.84 Å². The molecule has 3 N–H and O–H groups in total. The number of sulfone groups is 1. The summed E-state index contributed by atoms with van der Waals surface area (Å²) in [5.41, 5.74) is 2.33. The summed E-state index contributed by atoms with van der Waals surface area (Å²) < 4.78 is 23.8. The summed E-state index contributed by atoms with van der Waals surface area (Å²) in [6.45, 7) is 0.240. The number of nitrogens with zero attached hydrogens (tertiary/aromatic N) is 7. The molecule has 0 aliphatic rings. The van der Waals surface area contributed by atoms with Crippen LogP contribution in [0.25, 0.3) is 5.95 Å². The number of nitrogens with two attached hydrogens (primary N) is 1. The van der Waals surface area contributed by atoms with Crippen LogP contribution in [0.5, 0.6) is 0 Å². The highest BCUT2D eigenvalue weighted by atomic mass is 32.2. The summed E-state index contributed by atoms with van der Waals surface area (Å²) in [5.74, 6) is 5.93. The van der Waals surface area contributed by atoms with Crippen LogP contribution in [0.2, 0.25) is 0 Å². The van der Waals surface area contributed by atoms with Gasteiger partial charge in [-0.2, -0.15) is 24.7 Å². The fourth-order valence-electron chi connectivity index (χ4n) is 1.41. The maximum Gasteiger partial charge on any atom is 0.258 e. The Morgan fingerprint density at radius 2 is 2.14 bits per heavy atom. The summed E-state index contributed by atoms with van der Waals surface area (Å²) in [5, 5.41) is 3.92. The zero-order chi connectivity index (χ0) is 15.5. The van der Waals surface area contributed by atoms with Crippen molar-refractivity contribution in [3.63, 3.8) is 0 Å². The minimum atomic E-state index is -3.08. The van der Waals surface area contributed by atoms with E-state index in [1.165, 1.54) is 23.6 Å². The summed E-state index contributed by atoms with van der Waals surface area (Å²) >= 11 is 0. The molecule has 0 saturated heterocycles. The topological polar surface area (TPSA) is 145 Å². The fourth-order valence-corrected chi connectivity index (χ4v) is 2.01. The SMILES string of the molecule is CN(CCS(C)(=O)=O)c1nc(NN)nc(-n2cncn2)n1. The van der Waals surface area contributed by atoms with E-state index in [0.29, 0.717) is 0 Å². The molecule has 0 spiro atoms. The molecular weight excluding hydrogens is 298 g/mol. The highest BCUT2D eigenvalue weighted by Crippen LogP contribution is 2.10. The average Bonchev–Trinajstić information content (AvgIpc) is 2.97. The van der Waals surface area contributed by atoms with E-state index < -0.39 is 9.84 Å². The third-order valence-corrected chi connectivity index (χ3v) is 3.43. The number of nitrogen functional groups attached to an aromatic ring is 1. The van der Waals surface area contributed by atoms with Crippen molar-refractivity contribution < 1.29 is 8.42 Å². The number of anilines is 2. The summed E-state index contributed by atoms with van der Waals surface area (Å²) in [6, 6.07) is 0. The Morgan fingerprint density at radius 1 is 1.38 bits per heavy atom. The molecule has 114 valence electrons. The smallest absolute Gasteiger partial charge is 0.258 e. The normalized spacial score (nSPS) is 11.4. The predicted octanol–water partition coefficient (Wildman–Crippen LogP) is -1.78. The molecule has 0 radical (unpaired) electrons. The fraction of sp³-hybridized carbons (Fsp3) is 0.444. The molecule has 2 heterocycles. The Bertz CT molecular complexity index is 700. The lowest BCUT2D eigenvalue weighted by Gasteiger charge is -2.17. The number of rotatable bonds is 6. The van der Waals surface area contributed by atoms with Crippen LogP contribution in [-0.4, -0.2) is 63.7 Å². The van der Waals surface area contributed by atoms with E-state index >= 15 is 0 Å². The van der Waals surface area contributed by atoms with Crippen LogP contribution in [-0.2, 0) is 9.84 Å². The molecule has 0 fully saturated rings. The van der Waals surface area contributed by atoms with Crippen molar-refractivity contribution >= 4 is 21.7 Å². The standard InChI is InChI=1S/C9H15N9O2S/c1-17(3-4-21(2,19)20)8-13-7(16-10)14-9(15-8)18-6-11-5-12-18/h5-6H,3-4,10H2,1-2H3,(H,13,14,15,16). The first-order chi connectivity index (χ1) is 9.89. The zero-order valence-corrected chi connectivity index (χ0v) is 12.3. The Kier molecular flexibility index (Phi) is 4.28. The first-order valence-corrected chi connectivity index (χ1v) is 7.91. The van der Waals surface area contributed by atoms with Gasteiger partial charge in [0.05, 0.1) is 5.75 Å². The number of hydrogen-bond acceptors (Lipinski definition) is 10. The van der Waals surface area contributed by atoms with Crippen LogP contribution in [0.15, 0.2) is 12.7 Å². The first kappa shape index (κ1) is 15.1. The highest BCUT2D eigenvalue weighted by Gasteiger charge is 2.13. The summed E-state index contributed by atoms with van der Waals surface area (Å²) in [4.78, 5) is 17.7.